The first kappa shape index (κ1) is 15.2. The van der Waals surface area contributed by atoms with Gasteiger partial charge in [-0.1, -0.05) is 20.8 Å². The van der Waals surface area contributed by atoms with Crippen molar-refractivity contribution in [2.45, 2.75) is 40.7 Å². The summed E-state index contributed by atoms with van der Waals surface area (Å²) < 4.78 is 0. The lowest BCUT2D eigenvalue weighted by molar-refractivity contribution is -0.125. The van der Waals surface area contributed by atoms with Gasteiger partial charge in [-0.2, -0.15) is 11.3 Å². The average molecular weight is 268 g/mol. The lowest BCUT2D eigenvalue weighted by Crippen LogP contribution is -2.36. The van der Waals surface area contributed by atoms with E-state index in [2.05, 4.69) is 43.8 Å². The molecule has 1 rings (SSSR count). The molecule has 3 N–H and O–H groups in total. The largest absolute Gasteiger partial charge is 0.352 e. The summed E-state index contributed by atoms with van der Waals surface area (Å²) in [5.74, 6) is -0.0260. The number of amides is 1. The van der Waals surface area contributed by atoms with Gasteiger partial charge in [-0.3, -0.25) is 4.79 Å². The predicted molar refractivity (Wildman–Crippen MR) is 77.5 cm³/mol. The molecule has 3 nitrogen and oxygen atoms in total. The predicted octanol–water partition coefficient (Wildman–Crippen LogP) is 2.68. The molecule has 0 aromatic carbocycles. The van der Waals surface area contributed by atoms with Crippen LogP contribution in [-0.4, -0.2) is 12.5 Å². The Morgan fingerprint density at radius 1 is 1.44 bits per heavy atom. The van der Waals surface area contributed by atoms with E-state index in [4.69, 9.17) is 5.73 Å². The van der Waals surface area contributed by atoms with Gasteiger partial charge in [0.1, 0.15) is 0 Å². The SMILES string of the molecule is Cc1cscc1CNC(=O)C(CN)CC(C)(C)C. The monoisotopic (exact) mass is 268 g/mol. The first-order chi connectivity index (χ1) is 8.33. The van der Waals surface area contributed by atoms with Crippen molar-refractivity contribution in [1.29, 1.82) is 0 Å². The maximum absolute atomic E-state index is 12.1. The number of nitrogens with two attached hydrogens (primary N) is 1. The molecule has 0 radical (unpaired) electrons. The van der Waals surface area contributed by atoms with Gasteiger partial charge in [-0.25, -0.2) is 0 Å². The molecule has 0 bridgehead atoms. The Hall–Kier alpha value is -0.870. The molecular weight excluding hydrogens is 244 g/mol. The summed E-state index contributed by atoms with van der Waals surface area (Å²) in [6.07, 6.45) is 0.817. The smallest absolute Gasteiger partial charge is 0.224 e. The maximum Gasteiger partial charge on any atom is 0.224 e. The number of nitrogens with one attached hydrogen (secondary N) is 1. The Labute approximate surface area is 114 Å². The normalized spacial score (nSPS) is 13.4. The number of hydrogen-bond acceptors (Lipinski definition) is 3. The number of hydrogen-bond donors (Lipinski definition) is 2. The van der Waals surface area contributed by atoms with E-state index in [0.29, 0.717) is 13.1 Å². The second-order valence-corrected chi connectivity index (χ2v) is 6.74. The van der Waals surface area contributed by atoms with Crippen molar-refractivity contribution in [2.75, 3.05) is 6.54 Å². The van der Waals surface area contributed by atoms with Crippen LogP contribution in [0.25, 0.3) is 0 Å². The summed E-state index contributed by atoms with van der Waals surface area (Å²) in [5.41, 5.74) is 8.26. The van der Waals surface area contributed by atoms with Crippen molar-refractivity contribution in [3.63, 3.8) is 0 Å². The molecule has 0 saturated heterocycles. The van der Waals surface area contributed by atoms with Crippen molar-refractivity contribution in [2.24, 2.45) is 17.1 Å². The van der Waals surface area contributed by atoms with Crippen molar-refractivity contribution in [3.8, 4) is 0 Å². The molecule has 0 aliphatic heterocycles. The van der Waals surface area contributed by atoms with E-state index < -0.39 is 0 Å². The van der Waals surface area contributed by atoms with Crippen LogP contribution in [0.5, 0.6) is 0 Å². The van der Waals surface area contributed by atoms with Crippen molar-refractivity contribution < 1.29 is 4.79 Å². The highest BCUT2D eigenvalue weighted by Crippen LogP contribution is 2.24. The fourth-order valence-electron chi connectivity index (χ4n) is 1.92. The van der Waals surface area contributed by atoms with Crippen LogP contribution < -0.4 is 11.1 Å². The zero-order valence-corrected chi connectivity index (χ0v) is 12.6. The molecule has 0 saturated carbocycles. The third-order valence-corrected chi connectivity index (χ3v) is 3.84. The van der Waals surface area contributed by atoms with E-state index in [0.717, 1.165) is 6.42 Å². The van der Waals surface area contributed by atoms with Gasteiger partial charge < -0.3 is 11.1 Å². The minimum absolute atomic E-state index is 0.0676. The first-order valence-corrected chi connectivity index (χ1v) is 7.27. The Morgan fingerprint density at radius 2 is 2.11 bits per heavy atom. The topological polar surface area (TPSA) is 55.1 Å². The number of carbonyl (C=O) groups is 1. The van der Waals surface area contributed by atoms with Crippen molar-refractivity contribution >= 4 is 17.2 Å². The summed E-state index contributed by atoms with van der Waals surface area (Å²) in [6.45, 7) is 9.47. The molecule has 1 unspecified atom stereocenters. The molecule has 1 heterocycles. The lowest BCUT2D eigenvalue weighted by Gasteiger charge is -2.24. The Morgan fingerprint density at radius 3 is 2.56 bits per heavy atom. The van der Waals surface area contributed by atoms with E-state index in [9.17, 15) is 4.79 Å². The van der Waals surface area contributed by atoms with E-state index in [-0.39, 0.29) is 17.2 Å². The summed E-state index contributed by atoms with van der Waals surface area (Å²) in [6, 6.07) is 0. The van der Waals surface area contributed by atoms with Crippen LogP contribution in [-0.2, 0) is 11.3 Å². The van der Waals surface area contributed by atoms with Crippen LogP contribution >= 0.6 is 11.3 Å². The van der Waals surface area contributed by atoms with E-state index >= 15 is 0 Å². The van der Waals surface area contributed by atoms with Crippen LogP contribution in [0.3, 0.4) is 0 Å². The molecule has 18 heavy (non-hydrogen) atoms. The molecular formula is C14H24N2OS. The average Bonchev–Trinajstić information content (AvgIpc) is 2.67. The van der Waals surface area contributed by atoms with Crippen LogP contribution in [0.15, 0.2) is 10.8 Å². The van der Waals surface area contributed by atoms with Gasteiger partial charge in [0.15, 0.2) is 0 Å². The fraction of sp³-hybridized carbons (Fsp3) is 0.643. The summed E-state index contributed by atoms with van der Waals surface area (Å²) in [5, 5.41) is 7.16. The summed E-state index contributed by atoms with van der Waals surface area (Å²) in [4.78, 5) is 12.1. The lowest BCUT2D eigenvalue weighted by atomic mass is 9.84. The molecule has 0 aliphatic rings. The third-order valence-electron chi connectivity index (χ3n) is 2.93. The molecule has 4 heteroatoms. The van der Waals surface area contributed by atoms with Gasteiger partial charge in [0.05, 0.1) is 5.92 Å². The van der Waals surface area contributed by atoms with E-state index in [1.54, 1.807) is 11.3 Å². The Kier molecular flexibility index (Phi) is 5.35. The summed E-state index contributed by atoms with van der Waals surface area (Å²) in [7, 11) is 0. The summed E-state index contributed by atoms with van der Waals surface area (Å²) >= 11 is 1.67. The molecule has 102 valence electrons. The number of carbonyl (C=O) groups excluding carboxylic acids is 1. The van der Waals surface area contributed by atoms with Gasteiger partial charge in [-0.05, 0) is 40.6 Å². The molecule has 0 spiro atoms. The van der Waals surface area contributed by atoms with Crippen LogP contribution in [0.4, 0.5) is 0 Å². The number of rotatable bonds is 5. The molecule has 0 fully saturated rings. The van der Waals surface area contributed by atoms with E-state index in [1.807, 2.05) is 0 Å². The highest BCUT2D eigenvalue weighted by atomic mass is 32.1. The minimum atomic E-state index is -0.0936. The maximum atomic E-state index is 12.1. The van der Waals surface area contributed by atoms with Crippen LogP contribution in [0, 0.1) is 18.3 Å². The van der Waals surface area contributed by atoms with Crippen LogP contribution in [0.1, 0.15) is 38.3 Å². The zero-order valence-electron chi connectivity index (χ0n) is 11.7. The Balaban J connectivity index is 2.51. The van der Waals surface area contributed by atoms with Gasteiger partial charge in [0.25, 0.3) is 0 Å². The van der Waals surface area contributed by atoms with Gasteiger partial charge in [-0.15, -0.1) is 0 Å². The second-order valence-electron chi connectivity index (χ2n) is 6.00. The molecule has 1 amide bonds. The second kappa shape index (κ2) is 6.34. The first-order valence-electron chi connectivity index (χ1n) is 6.33. The third kappa shape index (κ3) is 4.78. The highest BCUT2D eigenvalue weighted by molar-refractivity contribution is 7.08. The minimum Gasteiger partial charge on any atom is -0.352 e. The molecule has 1 aromatic heterocycles. The van der Waals surface area contributed by atoms with E-state index in [1.165, 1.54) is 11.1 Å². The van der Waals surface area contributed by atoms with Crippen molar-refractivity contribution in [3.05, 3.63) is 21.9 Å². The highest BCUT2D eigenvalue weighted by Gasteiger charge is 2.23. The molecule has 0 aliphatic carbocycles. The molecule has 1 aromatic rings. The number of thiophene rings is 1. The standard InChI is InChI=1S/C14H24N2OS/c1-10-8-18-9-12(10)7-16-13(17)11(6-15)5-14(2,3)4/h8-9,11H,5-7,15H2,1-4H3,(H,16,17). The zero-order chi connectivity index (χ0) is 13.8. The number of aryl methyl sites for hydroxylation is 1. The van der Waals surface area contributed by atoms with Gasteiger partial charge in [0, 0.05) is 13.1 Å². The van der Waals surface area contributed by atoms with Gasteiger partial charge in [0.2, 0.25) is 5.91 Å². The molecule has 1 atom stereocenters. The fourth-order valence-corrected chi connectivity index (χ4v) is 2.77. The quantitative estimate of drug-likeness (QED) is 0.862. The van der Waals surface area contributed by atoms with Crippen LogP contribution in [0.2, 0.25) is 0 Å². The van der Waals surface area contributed by atoms with Gasteiger partial charge >= 0.3 is 0 Å². The Bertz CT molecular complexity index is 393. The van der Waals surface area contributed by atoms with Crippen molar-refractivity contribution in [1.82, 2.24) is 5.32 Å².